The first kappa shape index (κ1) is 57.5. The number of ether oxygens (including phenoxy) is 1. The molecular formula is C48H8B27N2O2. The normalized spacial score (nSPS) is 13.7. The predicted octanol–water partition coefficient (Wildman–Crippen LogP) is -18.8. The third-order valence-corrected chi connectivity index (χ3v) is 14.9. The van der Waals surface area contributed by atoms with Crippen LogP contribution in [0.15, 0.2) is 16.0 Å². The molecule has 0 bridgehead atoms. The van der Waals surface area contributed by atoms with Crippen molar-refractivity contribution in [3.63, 3.8) is 0 Å². The van der Waals surface area contributed by atoms with Gasteiger partial charge in [-0.1, -0.05) is 33.4 Å². The second-order valence-corrected chi connectivity index (χ2v) is 19.3. The average Bonchev–Trinajstić information content (AvgIpc) is 4.30. The molecule has 0 saturated heterocycles. The van der Waals surface area contributed by atoms with E-state index < -0.39 is 0 Å². The molecule has 0 aliphatic carbocycles. The number of benzene rings is 6. The zero-order chi connectivity index (χ0) is 58.1. The van der Waals surface area contributed by atoms with Crippen LogP contribution < -0.4 is 131 Å². The van der Waals surface area contributed by atoms with Gasteiger partial charge in [0.2, 0.25) is 0 Å². The topological polar surface area (TPSA) is 32.2 Å². The number of hydrogen-bond donors (Lipinski definition) is 0. The van der Waals surface area contributed by atoms with E-state index >= 15 is 0 Å². The van der Waals surface area contributed by atoms with E-state index in [-0.39, 0.29) is 244 Å². The zero-order valence-corrected chi connectivity index (χ0v) is 42.3. The Morgan fingerprint density at radius 1 is 0.430 bits per heavy atom. The fraction of sp³-hybridized carbons (Fsp3) is 0.0625. The van der Waals surface area contributed by atoms with Crippen LogP contribution in [-0.2, 0) is 11.3 Å². The molecule has 10 rings (SSSR count). The predicted molar refractivity (Wildman–Crippen MR) is 359 cm³/mol. The number of furan rings is 1. The molecule has 6 aromatic carbocycles. The second-order valence-electron chi connectivity index (χ2n) is 19.3. The van der Waals surface area contributed by atoms with Gasteiger partial charge in [0, 0.05) is 0 Å². The Labute approximate surface area is 493 Å². The van der Waals surface area contributed by atoms with Gasteiger partial charge < -0.3 is 0 Å². The van der Waals surface area contributed by atoms with Gasteiger partial charge in [0.1, 0.15) is 86.3 Å². The van der Waals surface area contributed by atoms with E-state index in [0.29, 0.717) is 10.8 Å². The first-order valence-corrected chi connectivity index (χ1v) is 23.4. The summed E-state index contributed by atoms with van der Waals surface area (Å²) in [5.74, 6) is 0.154. The standard InChI is InChI=1S/C48H8B27N2O2/c1-5(49)10-7-3-78-4-9(51)20(54)46(7)79-47(10)40(74)48(75)77-43-15(17-28(62)31(65)33(67)39(73)44(17)77)22(56)13(26(60)35(43)69)12-21(55)14-16-27(61)30(64)32(66)38(72)42(16)76(41(14)34(68)25(12)59)45-36(70)23(57)11(24(58)37(45)71)6-2-8(50)19(53)29(63)18(6)52/h2H,3-4H2,1H3/b10-5+,47-40-. The summed E-state index contributed by atoms with van der Waals surface area (Å²) in [5.41, 5.74) is -2.28. The molecule has 3 aromatic heterocycles. The van der Waals surface area contributed by atoms with E-state index in [9.17, 15) is 0 Å². The summed E-state index contributed by atoms with van der Waals surface area (Å²) in [5, 5.41) is 0.602. The van der Waals surface area contributed by atoms with Gasteiger partial charge in [-0.3, -0.25) is 0 Å². The third-order valence-electron chi connectivity index (χ3n) is 14.9. The minimum absolute atomic E-state index is 0.00471. The average molecular weight is 937 g/mol. The fourth-order valence-electron chi connectivity index (χ4n) is 10.8. The number of rotatable bonds is 5. The summed E-state index contributed by atoms with van der Waals surface area (Å²) in [6, 6.07) is 1.42. The number of hydrogen-bond acceptors (Lipinski definition) is 2. The summed E-state index contributed by atoms with van der Waals surface area (Å²) < 4.78 is 14.8. The van der Waals surface area contributed by atoms with Gasteiger partial charge >= 0.3 is 344 Å². The van der Waals surface area contributed by atoms with E-state index in [1.54, 1.807) is 6.92 Å². The molecular weight excluding hydrogens is 928 g/mol. The fourth-order valence-corrected chi connectivity index (χ4v) is 10.8. The molecule has 9 aromatic rings. The number of fused-ring (bicyclic) bond motifs is 7. The van der Waals surface area contributed by atoms with Crippen LogP contribution in [0.2, 0.25) is 0 Å². The molecule has 1 aliphatic rings. The van der Waals surface area contributed by atoms with E-state index in [0.717, 1.165) is 0 Å². The molecule has 0 N–H and O–H groups in total. The van der Waals surface area contributed by atoms with Crippen LogP contribution in [-0.4, -0.2) is 233 Å². The van der Waals surface area contributed by atoms with E-state index in [4.69, 9.17) is 221 Å². The van der Waals surface area contributed by atoms with E-state index in [2.05, 4.69) is 0 Å². The van der Waals surface area contributed by atoms with Crippen LogP contribution in [0.25, 0.3) is 88.0 Å². The van der Waals surface area contributed by atoms with Gasteiger partial charge in [-0.05, 0) is 11.1 Å². The van der Waals surface area contributed by atoms with Crippen molar-refractivity contribution in [2.75, 3.05) is 6.61 Å². The van der Waals surface area contributed by atoms with E-state index in [1.165, 1.54) is 15.2 Å². The number of aromatic nitrogens is 2. The van der Waals surface area contributed by atoms with Crippen molar-refractivity contribution >= 4 is 397 Å². The van der Waals surface area contributed by atoms with Crippen LogP contribution in [0.1, 0.15) is 18.2 Å². The van der Waals surface area contributed by atoms with Crippen molar-refractivity contribution in [3.8, 4) is 27.9 Å². The van der Waals surface area contributed by atoms with Gasteiger partial charge in [-0.2, -0.15) is 0 Å². The summed E-state index contributed by atoms with van der Waals surface area (Å²) in [6.45, 7) is 1.63. The van der Waals surface area contributed by atoms with Crippen LogP contribution in [0, 0.1) is 0 Å². The molecule has 303 valence electrons. The molecule has 4 nitrogen and oxygen atoms in total. The summed E-state index contributed by atoms with van der Waals surface area (Å²) in [6.07, 6.45) is 0. The zero-order valence-electron chi connectivity index (χ0n) is 42.3. The van der Waals surface area contributed by atoms with Crippen molar-refractivity contribution in [2.45, 2.75) is 13.5 Å². The summed E-state index contributed by atoms with van der Waals surface area (Å²) in [4.78, 5) is 0. The molecule has 4 heterocycles. The Morgan fingerprint density at radius 2 is 0.835 bits per heavy atom. The molecule has 0 unspecified atom stereocenters. The molecule has 0 spiro atoms. The monoisotopic (exact) mass is 941 g/mol. The Morgan fingerprint density at radius 3 is 1.34 bits per heavy atom. The van der Waals surface area contributed by atoms with Crippen molar-refractivity contribution < 1.29 is 9.15 Å². The van der Waals surface area contributed by atoms with Gasteiger partial charge in [0.05, 0.1) is 0 Å². The molecule has 0 saturated carbocycles. The Balaban J connectivity index is 1.34. The van der Waals surface area contributed by atoms with Crippen LogP contribution in [0.5, 0.6) is 0 Å². The third kappa shape index (κ3) is 7.88. The Bertz CT molecular complexity index is 4530. The van der Waals surface area contributed by atoms with Crippen LogP contribution >= 0.6 is 0 Å². The maximum absolute atomic E-state index is 7.38. The molecule has 0 atom stereocenters. The van der Waals surface area contributed by atoms with Gasteiger partial charge in [0.25, 0.3) is 0 Å². The van der Waals surface area contributed by atoms with Crippen molar-refractivity contribution in [1.29, 1.82) is 0 Å². The van der Waals surface area contributed by atoms with Gasteiger partial charge in [-0.15, -0.1) is 21.9 Å². The van der Waals surface area contributed by atoms with Gasteiger partial charge in [0.15, 0.2) is 0 Å². The SMILES string of the molecule is [B]C1=C([B])c2oc(=C(\[B])C(=[B])n3c4c([B])c([B])c([B])c([B])c4c4c([B])c(-c5c([B])c([B])c6c(c5[B])c5c([B])c([B])c([B])c([B])c5n6-c5c([B])c([B])c(-c6cc([B])c([B])c([B])c6[B])c([B])c5[B])c([B])c([B])c43)/c(=C(/[B])C)c2COC1. The Kier molecular flexibility index (Phi) is 14.6. The first-order valence-electron chi connectivity index (χ1n) is 23.4. The maximum atomic E-state index is 7.38. The molecule has 53 radical (unpaired) electrons. The molecule has 31 heteroatoms. The van der Waals surface area contributed by atoms with Crippen molar-refractivity contribution in [1.82, 2.24) is 9.13 Å². The number of nitrogens with zero attached hydrogens (tertiary/aromatic N) is 2. The minimum atomic E-state index is -0.267. The van der Waals surface area contributed by atoms with Crippen LogP contribution in [0.4, 0.5) is 0 Å². The first-order chi connectivity index (χ1) is 36.9. The van der Waals surface area contributed by atoms with Gasteiger partial charge in [-0.25, -0.2) is 0 Å². The summed E-state index contributed by atoms with van der Waals surface area (Å²) in [7, 11) is 183. The second kappa shape index (κ2) is 20.0. The van der Waals surface area contributed by atoms with Crippen molar-refractivity contribution in [2.24, 2.45) is 0 Å². The van der Waals surface area contributed by atoms with E-state index in [1.807, 2.05) is 0 Å². The van der Waals surface area contributed by atoms with Crippen LogP contribution in [0.3, 0.4) is 0 Å². The quantitative estimate of drug-likeness (QED) is 0.161. The molecule has 1 aliphatic heterocycles. The molecule has 0 amide bonds. The summed E-state index contributed by atoms with van der Waals surface area (Å²) >= 11 is 0. The Hall–Kier alpha value is -4.74. The van der Waals surface area contributed by atoms with Crippen molar-refractivity contribution in [3.05, 3.63) is 33.5 Å². The molecule has 0 fully saturated rings. The molecule has 79 heavy (non-hydrogen) atoms.